The first-order valence-electron chi connectivity index (χ1n) is 12.2. The molecule has 2 aromatic heterocycles. The van der Waals surface area contributed by atoms with Crippen molar-refractivity contribution >= 4 is 33.4 Å². The lowest BCUT2D eigenvalue weighted by Gasteiger charge is -2.23. The van der Waals surface area contributed by atoms with Crippen LogP contribution < -0.4 is 0 Å². The van der Waals surface area contributed by atoms with Crippen molar-refractivity contribution in [2.75, 3.05) is 13.2 Å². The number of carbonyl (C=O) groups is 2. The maximum Gasteiger partial charge on any atom is 0.165 e. The molecule has 0 radical (unpaired) electrons. The van der Waals surface area contributed by atoms with Gasteiger partial charge in [-0.15, -0.1) is 0 Å². The fourth-order valence-electron chi connectivity index (χ4n) is 6.36. The summed E-state index contributed by atoms with van der Waals surface area (Å²) >= 11 is 0. The number of nitrogens with one attached hydrogen (secondary N) is 2. The second-order valence-corrected chi connectivity index (χ2v) is 9.85. The van der Waals surface area contributed by atoms with E-state index in [0.29, 0.717) is 24.7 Å². The molecule has 4 atom stereocenters. The average molecular weight is 455 g/mol. The van der Waals surface area contributed by atoms with Crippen LogP contribution in [0.4, 0.5) is 0 Å². The third-order valence-electron chi connectivity index (χ3n) is 7.92. The number of rotatable bonds is 0. The van der Waals surface area contributed by atoms with Crippen LogP contribution in [0.2, 0.25) is 0 Å². The summed E-state index contributed by atoms with van der Waals surface area (Å²) in [5.74, 6) is 1.29. The van der Waals surface area contributed by atoms with Crippen molar-refractivity contribution < 1.29 is 19.1 Å². The predicted molar refractivity (Wildman–Crippen MR) is 128 cm³/mol. The summed E-state index contributed by atoms with van der Waals surface area (Å²) in [7, 11) is 0. The Labute approximate surface area is 196 Å². The molecule has 8 rings (SSSR count). The van der Waals surface area contributed by atoms with Crippen LogP contribution >= 0.6 is 0 Å². The van der Waals surface area contributed by atoms with Crippen molar-refractivity contribution in [3.05, 3.63) is 71.0 Å². The van der Waals surface area contributed by atoms with Gasteiger partial charge in [0.15, 0.2) is 11.6 Å². The zero-order valence-electron chi connectivity index (χ0n) is 18.8. The lowest BCUT2D eigenvalue weighted by molar-refractivity contribution is 0.0690. The number of H-pyrrole nitrogens is 2. The van der Waals surface area contributed by atoms with Gasteiger partial charge < -0.3 is 19.4 Å². The van der Waals surface area contributed by atoms with E-state index in [2.05, 4.69) is 9.97 Å². The summed E-state index contributed by atoms with van der Waals surface area (Å²) < 4.78 is 11.6. The zero-order valence-corrected chi connectivity index (χ0v) is 18.8. The molecule has 2 aliphatic heterocycles. The summed E-state index contributed by atoms with van der Waals surface area (Å²) in [4.78, 5) is 31.2. The molecule has 0 spiro atoms. The van der Waals surface area contributed by atoms with Crippen molar-refractivity contribution in [1.82, 2.24) is 9.97 Å². The molecule has 2 aliphatic carbocycles. The minimum absolute atomic E-state index is 0.107. The number of fused-ring (bicyclic) bond motifs is 10. The molecule has 0 amide bonds. The Balaban J connectivity index is 0.000000118. The van der Waals surface area contributed by atoms with Gasteiger partial charge >= 0.3 is 0 Å². The van der Waals surface area contributed by atoms with Gasteiger partial charge in [0.25, 0.3) is 0 Å². The van der Waals surface area contributed by atoms with E-state index in [9.17, 15) is 9.59 Å². The maximum atomic E-state index is 12.2. The highest BCUT2D eigenvalue weighted by Crippen LogP contribution is 2.45. The van der Waals surface area contributed by atoms with E-state index >= 15 is 0 Å². The summed E-state index contributed by atoms with van der Waals surface area (Å²) in [6.07, 6.45) is 3.50. The number of hydrogen-bond acceptors (Lipinski definition) is 4. The van der Waals surface area contributed by atoms with Crippen LogP contribution in [0.25, 0.3) is 21.8 Å². The summed E-state index contributed by atoms with van der Waals surface area (Å²) in [5, 5.41) is 2.09. The monoisotopic (exact) mass is 454 g/mol. The first kappa shape index (κ1) is 20.2. The molecular weight excluding hydrogens is 428 g/mol. The van der Waals surface area contributed by atoms with Crippen LogP contribution in [0.5, 0.6) is 0 Å². The van der Waals surface area contributed by atoms with E-state index in [1.54, 1.807) is 0 Å². The van der Waals surface area contributed by atoms with Crippen LogP contribution in [-0.2, 0) is 9.47 Å². The fraction of sp³-hybridized carbons (Fsp3) is 0.357. The molecule has 6 nitrogen and oxygen atoms in total. The second kappa shape index (κ2) is 7.65. The molecular formula is C28H26N2O4. The Morgan fingerprint density at radius 3 is 1.56 bits per heavy atom. The number of ether oxygens (including phenoxy) is 2. The highest BCUT2D eigenvalue weighted by molar-refractivity contribution is 6.11. The second-order valence-electron chi connectivity index (χ2n) is 9.85. The van der Waals surface area contributed by atoms with Crippen LogP contribution in [0, 0.1) is 11.8 Å². The molecule has 4 heterocycles. The first-order chi connectivity index (χ1) is 16.7. The van der Waals surface area contributed by atoms with E-state index < -0.39 is 0 Å². The van der Waals surface area contributed by atoms with E-state index in [1.807, 2.05) is 48.5 Å². The number of ketones is 2. The van der Waals surface area contributed by atoms with Crippen LogP contribution in [-0.4, -0.2) is 34.7 Å². The molecule has 4 aromatic rings. The number of Topliss-reactive ketones (excluding diaryl/α,β-unsaturated/α-hetero) is 2. The summed E-state index contributed by atoms with van der Waals surface area (Å²) in [6.45, 7) is 1.55. The van der Waals surface area contributed by atoms with Crippen LogP contribution in [0.15, 0.2) is 48.5 Å². The van der Waals surface area contributed by atoms with Gasteiger partial charge in [0, 0.05) is 70.8 Å². The standard InChI is InChI=1S/2C14H13NO2/c2*16-11-7-8-5-6-17-14(8)13-12(11)9-3-1-2-4-10(9)15-13/h2*1-4,8,14-15H,5-7H2/t2*8-,14-/m00/s1. The lowest BCUT2D eigenvalue weighted by atomic mass is 9.83. The number of para-hydroxylation sites is 2. The summed E-state index contributed by atoms with van der Waals surface area (Å²) in [6, 6.07) is 16.0. The van der Waals surface area contributed by atoms with Crippen molar-refractivity contribution in [2.45, 2.75) is 37.9 Å². The van der Waals surface area contributed by atoms with Gasteiger partial charge in [-0.25, -0.2) is 0 Å². The molecule has 2 fully saturated rings. The van der Waals surface area contributed by atoms with E-state index in [-0.39, 0.29) is 23.8 Å². The molecule has 34 heavy (non-hydrogen) atoms. The number of hydrogen-bond donors (Lipinski definition) is 2. The Kier molecular flexibility index (Phi) is 4.54. The molecule has 4 aliphatic rings. The van der Waals surface area contributed by atoms with E-state index in [1.165, 1.54) is 0 Å². The van der Waals surface area contributed by atoms with Gasteiger partial charge in [0.2, 0.25) is 0 Å². The smallest absolute Gasteiger partial charge is 0.165 e. The van der Waals surface area contributed by atoms with Crippen molar-refractivity contribution in [1.29, 1.82) is 0 Å². The minimum Gasteiger partial charge on any atom is -0.372 e. The Hall–Kier alpha value is -3.22. The van der Waals surface area contributed by atoms with Gasteiger partial charge in [0.1, 0.15) is 12.2 Å². The third kappa shape index (κ3) is 2.95. The highest BCUT2D eigenvalue weighted by Gasteiger charge is 2.41. The Morgan fingerprint density at radius 1 is 0.647 bits per heavy atom. The number of benzene rings is 2. The average Bonchev–Trinajstić information content (AvgIpc) is 3.62. The van der Waals surface area contributed by atoms with E-state index in [0.717, 1.165) is 70.4 Å². The number of carbonyl (C=O) groups excluding carboxylic acids is 2. The van der Waals surface area contributed by atoms with Crippen molar-refractivity contribution in [2.24, 2.45) is 11.8 Å². The first-order valence-corrected chi connectivity index (χ1v) is 12.2. The lowest BCUT2D eigenvalue weighted by Crippen LogP contribution is -2.21. The van der Waals surface area contributed by atoms with Gasteiger partial charge in [-0.2, -0.15) is 0 Å². The maximum absolute atomic E-state index is 12.2. The van der Waals surface area contributed by atoms with Crippen molar-refractivity contribution in [3.63, 3.8) is 0 Å². The molecule has 2 aromatic carbocycles. The Bertz CT molecular complexity index is 1340. The molecule has 0 unspecified atom stereocenters. The molecule has 0 saturated carbocycles. The minimum atomic E-state index is 0.107. The Morgan fingerprint density at radius 2 is 1.09 bits per heavy atom. The number of aromatic amines is 2. The summed E-state index contributed by atoms with van der Waals surface area (Å²) in [5.41, 5.74) is 5.83. The van der Waals surface area contributed by atoms with Gasteiger partial charge in [-0.1, -0.05) is 36.4 Å². The molecule has 2 saturated heterocycles. The molecule has 0 bridgehead atoms. The van der Waals surface area contributed by atoms with Crippen LogP contribution in [0.3, 0.4) is 0 Å². The molecule has 6 heteroatoms. The highest BCUT2D eigenvalue weighted by atomic mass is 16.5. The SMILES string of the molecule is O=C1C[C@@H]2CCO[C@@H]2c2[nH]c3ccccc3c21.O=C1C[C@@H]2CCO[C@@H]2c2[nH]c3ccccc3c21. The fourth-order valence-corrected chi connectivity index (χ4v) is 6.36. The van der Waals surface area contributed by atoms with E-state index in [4.69, 9.17) is 9.47 Å². The quantitative estimate of drug-likeness (QED) is 0.359. The molecule has 2 N–H and O–H groups in total. The van der Waals surface area contributed by atoms with Crippen molar-refractivity contribution in [3.8, 4) is 0 Å². The zero-order chi connectivity index (χ0) is 22.8. The molecule has 172 valence electrons. The third-order valence-corrected chi connectivity index (χ3v) is 7.92. The number of aromatic nitrogens is 2. The predicted octanol–water partition coefficient (Wildman–Crippen LogP) is 5.66. The van der Waals surface area contributed by atoms with Crippen LogP contribution in [0.1, 0.15) is 70.0 Å². The van der Waals surface area contributed by atoms with Gasteiger partial charge in [0.05, 0.1) is 11.4 Å². The van der Waals surface area contributed by atoms with Gasteiger partial charge in [-0.3, -0.25) is 9.59 Å². The topological polar surface area (TPSA) is 84.2 Å². The largest absolute Gasteiger partial charge is 0.372 e. The van der Waals surface area contributed by atoms with Gasteiger partial charge in [-0.05, 0) is 25.0 Å². The normalized spacial score (nSPS) is 27.2.